The molecule has 0 bridgehead atoms. The molecule has 0 aliphatic heterocycles. The molecule has 0 fully saturated rings. The van der Waals surface area contributed by atoms with Crippen LogP contribution in [0.5, 0.6) is 5.75 Å². The topological polar surface area (TPSA) is 21.3 Å². The van der Waals surface area contributed by atoms with Gasteiger partial charge in [-0.3, -0.25) is 0 Å². The summed E-state index contributed by atoms with van der Waals surface area (Å²) in [4.78, 5) is 0. The number of hydrogen-bond donors (Lipinski definition) is 1. The molecule has 4 heteroatoms. The smallest absolute Gasteiger partial charge is 0.124 e. The van der Waals surface area contributed by atoms with Crippen LogP contribution in [0.4, 0.5) is 5.69 Å². The summed E-state index contributed by atoms with van der Waals surface area (Å²) >= 11 is 7.04. The summed E-state index contributed by atoms with van der Waals surface area (Å²) in [5, 5.41) is 3.49. The van der Waals surface area contributed by atoms with Gasteiger partial charge in [-0.15, -0.1) is 0 Å². The largest absolute Gasteiger partial charge is 0.496 e. The van der Waals surface area contributed by atoms with Crippen LogP contribution in [0.15, 0.2) is 51.4 Å². The Bertz CT molecular complexity index is 572. The van der Waals surface area contributed by atoms with Crippen molar-refractivity contribution in [3.63, 3.8) is 0 Å². The van der Waals surface area contributed by atoms with Crippen LogP contribution in [0, 0.1) is 0 Å². The Morgan fingerprint density at radius 1 is 1.11 bits per heavy atom. The van der Waals surface area contributed by atoms with Gasteiger partial charge < -0.3 is 10.1 Å². The minimum Gasteiger partial charge on any atom is -0.496 e. The first kappa shape index (κ1) is 14.4. The summed E-state index contributed by atoms with van der Waals surface area (Å²) in [6.07, 6.45) is 0. The zero-order chi connectivity index (χ0) is 13.8. The summed E-state index contributed by atoms with van der Waals surface area (Å²) in [7, 11) is 1.70. The van der Waals surface area contributed by atoms with Gasteiger partial charge >= 0.3 is 0 Å². The Kier molecular flexibility index (Phi) is 4.88. The molecule has 1 unspecified atom stereocenters. The van der Waals surface area contributed by atoms with Crippen molar-refractivity contribution >= 4 is 37.5 Å². The summed E-state index contributed by atoms with van der Waals surface area (Å²) < 4.78 is 7.48. The van der Waals surface area contributed by atoms with Gasteiger partial charge in [0.2, 0.25) is 0 Å². The molecule has 0 aliphatic rings. The Morgan fingerprint density at radius 2 is 1.84 bits per heavy atom. The van der Waals surface area contributed by atoms with Gasteiger partial charge in [0.05, 0.1) is 18.8 Å². The summed E-state index contributed by atoms with van der Waals surface area (Å²) in [5.41, 5.74) is 2.18. The van der Waals surface area contributed by atoms with Crippen LogP contribution in [0.25, 0.3) is 0 Å². The van der Waals surface area contributed by atoms with Crippen molar-refractivity contribution in [1.82, 2.24) is 0 Å². The average molecular weight is 385 g/mol. The maximum Gasteiger partial charge on any atom is 0.124 e. The molecule has 2 rings (SSSR count). The third kappa shape index (κ3) is 3.51. The van der Waals surface area contributed by atoms with Crippen LogP contribution in [-0.2, 0) is 0 Å². The molecule has 19 heavy (non-hydrogen) atoms. The van der Waals surface area contributed by atoms with Crippen molar-refractivity contribution in [2.75, 3.05) is 12.4 Å². The molecule has 2 aromatic carbocycles. The lowest BCUT2D eigenvalue weighted by Gasteiger charge is -2.19. The number of anilines is 1. The summed E-state index contributed by atoms with van der Waals surface area (Å²) in [6, 6.07) is 14.3. The molecule has 2 aromatic rings. The van der Waals surface area contributed by atoms with E-state index >= 15 is 0 Å². The standard InChI is InChI=1S/C15H15Br2NO/c1-10(12-5-3-4-6-15(12)19-2)18-14-9-11(16)7-8-13(14)17/h3-10,18H,1-2H3. The van der Waals surface area contributed by atoms with Crippen molar-refractivity contribution in [1.29, 1.82) is 0 Å². The number of nitrogens with one attached hydrogen (secondary N) is 1. The van der Waals surface area contributed by atoms with Crippen molar-refractivity contribution in [2.24, 2.45) is 0 Å². The first-order valence-corrected chi connectivity index (χ1v) is 7.55. The van der Waals surface area contributed by atoms with E-state index in [9.17, 15) is 0 Å². The van der Waals surface area contributed by atoms with Crippen LogP contribution >= 0.6 is 31.9 Å². The maximum atomic E-state index is 5.40. The highest BCUT2D eigenvalue weighted by Crippen LogP contribution is 2.32. The fourth-order valence-electron chi connectivity index (χ4n) is 1.94. The summed E-state index contributed by atoms with van der Waals surface area (Å²) in [5.74, 6) is 0.897. The lowest BCUT2D eigenvalue weighted by molar-refractivity contribution is 0.408. The minimum absolute atomic E-state index is 0.154. The zero-order valence-electron chi connectivity index (χ0n) is 10.8. The van der Waals surface area contributed by atoms with E-state index in [-0.39, 0.29) is 6.04 Å². The van der Waals surface area contributed by atoms with E-state index in [2.05, 4.69) is 56.2 Å². The van der Waals surface area contributed by atoms with Crippen LogP contribution in [0.3, 0.4) is 0 Å². The Hall–Kier alpha value is -1.000. The van der Waals surface area contributed by atoms with Gasteiger partial charge in [0.1, 0.15) is 5.75 Å². The predicted octanol–water partition coefficient (Wildman–Crippen LogP) is 5.39. The van der Waals surface area contributed by atoms with Crippen LogP contribution in [0.1, 0.15) is 18.5 Å². The molecule has 0 aliphatic carbocycles. The highest BCUT2D eigenvalue weighted by Gasteiger charge is 2.12. The molecule has 0 spiro atoms. The molecule has 0 saturated carbocycles. The third-order valence-corrected chi connectivity index (χ3v) is 4.09. The molecule has 0 heterocycles. The van der Waals surface area contributed by atoms with Gasteiger partial charge in [0.15, 0.2) is 0 Å². The molecule has 0 saturated heterocycles. The molecular weight excluding hydrogens is 370 g/mol. The number of ether oxygens (including phenoxy) is 1. The predicted molar refractivity (Wildman–Crippen MR) is 86.9 cm³/mol. The van der Waals surface area contributed by atoms with Crippen molar-refractivity contribution < 1.29 is 4.74 Å². The molecular formula is C15H15Br2NO. The zero-order valence-corrected chi connectivity index (χ0v) is 14.0. The van der Waals surface area contributed by atoms with Crippen molar-refractivity contribution in [3.05, 3.63) is 57.0 Å². The Balaban J connectivity index is 2.25. The quantitative estimate of drug-likeness (QED) is 0.762. The van der Waals surface area contributed by atoms with Crippen molar-refractivity contribution in [2.45, 2.75) is 13.0 Å². The molecule has 1 N–H and O–H groups in total. The highest BCUT2D eigenvalue weighted by atomic mass is 79.9. The molecule has 0 aromatic heterocycles. The van der Waals surface area contributed by atoms with E-state index in [4.69, 9.17) is 4.74 Å². The molecule has 2 nitrogen and oxygen atoms in total. The molecule has 1 atom stereocenters. The van der Waals surface area contributed by atoms with E-state index in [1.165, 1.54) is 0 Å². The van der Waals surface area contributed by atoms with E-state index in [0.29, 0.717) is 0 Å². The number of benzene rings is 2. The van der Waals surface area contributed by atoms with Gasteiger partial charge in [-0.2, -0.15) is 0 Å². The third-order valence-electron chi connectivity index (χ3n) is 2.91. The monoisotopic (exact) mass is 383 g/mol. The lowest BCUT2D eigenvalue weighted by atomic mass is 10.1. The number of methoxy groups -OCH3 is 1. The van der Waals surface area contributed by atoms with E-state index in [1.54, 1.807) is 7.11 Å². The van der Waals surface area contributed by atoms with E-state index < -0.39 is 0 Å². The van der Waals surface area contributed by atoms with Gasteiger partial charge in [0, 0.05) is 14.5 Å². The summed E-state index contributed by atoms with van der Waals surface area (Å²) in [6.45, 7) is 2.12. The van der Waals surface area contributed by atoms with Crippen molar-refractivity contribution in [3.8, 4) is 5.75 Å². The highest BCUT2D eigenvalue weighted by molar-refractivity contribution is 9.11. The maximum absolute atomic E-state index is 5.40. The lowest BCUT2D eigenvalue weighted by Crippen LogP contribution is -2.08. The fourth-order valence-corrected chi connectivity index (χ4v) is 2.67. The number of halogens is 2. The van der Waals surface area contributed by atoms with Crippen LogP contribution in [-0.4, -0.2) is 7.11 Å². The van der Waals surface area contributed by atoms with Crippen LogP contribution in [0.2, 0.25) is 0 Å². The number of rotatable bonds is 4. The molecule has 0 amide bonds. The van der Waals surface area contributed by atoms with E-state index in [0.717, 1.165) is 25.9 Å². The van der Waals surface area contributed by atoms with Gasteiger partial charge in [-0.25, -0.2) is 0 Å². The van der Waals surface area contributed by atoms with Gasteiger partial charge in [-0.1, -0.05) is 34.1 Å². The second kappa shape index (κ2) is 6.44. The normalized spacial score (nSPS) is 12.0. The van der Waals surface area contributed by atoms with Crippen LogP contribution < -0.4 is 10.1 Å². The Labute approximate surface area is 130 Å². The fraction of sp³-hybridized carbons (Fsp3) is 0.200. The average Bonchev–Trinajstić information content (AvgIpc) is 2.42. The van der Waals surface area contributed by atoms with Gasteiger partial charge in [0.25, 0.3) is 0 Å². The minimum atomic E-state index is 0.154. The molecule has 0 radical (unpaired) electrons. The first-order chi connectivity index (χ1) is 9.11. The molecule has 100 valence electrons. The second-order valence-electron chi connectivity index (χ2n) is 4.23. The first-order valence-electron chi connectivity index (χ1n) is 5.96. The number of para-hydroxylation sites is 1. The van der Waals surface area contributed by atoms with Gasteiger partial charge in [-0.05, 0) is 47.1 Å². The SMILES string of the molecule is COc1ccccc1C(C)Nc1cc(Br)ccc1Br. The van der Waals surface area contributed by atoms with E-state index in [1.807, 2.05) is 30.3 Å². The number of hydrogen-bond acceptors (Lipinski definition) is 2. The second-order valence-corrected chi connectivity index (χ2v) is 6.00. The Morgan fingerprint density at radius 3 is 2.58 bits per heavy atom.